The number of nitrogens with zero attached hydrogens (tertiary/aromatic N) is 2. The third-order valence-electron chi connectivity index (χ3n) is 6.58. The zero-order chi connectivity index (χ0) is 22.9. The van der Waals surface area contributed by atoms with Crippen LogP contribution < -0.4 is 10.1 Å². The number of benzene rings is 2. The second-order valence-electron chi connectivity index (χ2n) is 8.75. The molecular formula is C27H30ClN3O2. The molecule has 1 unspecified atom stereocenters. The van der Waals surface area contributed by atoms with Gasteiger partial charge >= 0.3 is 0 Å². The molecular weight excluding hydrogens is 434 g/mol. The van der Waals surface area contributed by atoms with E-state index >= 15 is 0 Å². The van der Waals surface area contributed by atoms with Gasteiger partial charge in [-0.1, -0.05) is 42.8 Å². The Kier molecular flexibility index (Phi) is 6.26. The highest BCUT2D eigenvalue weighted by molar-refractivity contribution is 6.33. The molecule has 0 bridgehead atoms. The Hall–Kier alpha value is -2.63. The molecule has 5 nitrogen and oxygen atoms in total. The first kappa shape index (κ1) is 22.2. The van der Waals surface area contributed by atoms with Crippen LogP contribution in [0.5, 0.6) is 5.75 Å². The van der Waals surface area contributed by atoms with Gasteiger partial charge in [0.2, 0.25) is 0 Å². The number of anilines is 1. The minimum absolute atomic E-state index is 0.0630. The molecule has 3 aromatic rings. The average Bonchev–Trinajstić information content (AvgIpc) is 3.62. The summed E-state index contributed by atoms with van der Waals surface area (Å²) in [6.07, 6.45) is 4.04. The number of aryl methyl sites for hydroxylation is 1. The summed E-state index contributed by atoms with van der Waals surface area (Å²) < 4.78 is 11.5. The minimum Gasteiger partial charge on any atom is -0.497 e. The standard InChI is InChI=1S/C27H30ClN3O2/c1-4-22-25(20-13-12-18(32-3)15-21(20)28)30-24(16-10-11-16)27(29-22)31-26-19-9-7-6-8-17(19)14-23(26)33-5-2/h6-9,12-13,15-16,23,26H,4-5,10-11,14H2,1-3H3,(H,29,31)/t23-,26?/m0/s1. The first-order valence-corrected chi connectivity index (χ1v) is 12.2. The maximum Gasteiger partial charge on any atom is 0.148 e. The van der Waals surface area contributed by atoms with Crippen molar-refractivity contribution in [2.24, 2.45) is 0 Å². The van der Waals surface area contributed by atoms with Crippen LogP contribution in [0.2, 0.25) is 5.02 Å². The molecule has 2 atom stereocenters. The lowest BCUT2D eigenvalue weighted by atomic mass is 10.1. The summed E-state index contributed by atoms with van der Waals surface area (Å²) in [5, 5.41) is 4.38. The molecule has 0 radical (unpaired) electrons. The molecule has 0 spiro atoms. The van der Waals surface area contributed by atoms with Crippen LogP contribution in [0.4, 0.5) is 5.82 Å². The van der Waals surface area contributed by atoms with E-state index in [0.717, 1.165) is 59.9 Å². The molecule has 1 saturated carbocycles. The lowest BCUT2D eigenvalue weighted by Gasteiger charge is -2.24. The fraction of sp³-hybridized carbons (Fsp3) is 0.407. The van der Waals surface area contributed by atoms with Gasteiger partial charge < -0.3 is 14.8 Å². The van der Waals surface area contributed by atoms with Crippen LogP contribution in [-0.2, 0) is 17.6 Å². The van der Waals surface area contributed by atoms with Crippen LogP contribution in [0.1, 0.15) is 61.2 Å². The molecule has 1 fully saturated rings. The Bertz CT molecular complexity index is 1160. The Morgan fingerprint density at radius 2 is 1.91 bits per heavy atom. The number of hydrogen-bond acceptors (Lipinski definition) is 5. The molecule has 0 saturated heterocycles. The summed E-state index contributed by atoms with van der Waals surface area (Å²) in [4.78, 5) is 10.3. The maximum absolute atomic E-state index is 6.63. The molecule has 2 aliphatic rings. The van der Waals surface area contributed by atoms with Crippen LogP contribution in [-0.4, -0.2) is 29.8 Å². The van der Waals surface area contributed by atoms with E-state index in [4.69, 9.17) is 31.0 Å². The summed E-state index contributed by atoms with van der Waals surface area (Å²) >= 11 is 6.63. The average molecular weight is 464 g/mol. The van der Waals surface area contributed by atoms with Crippen molar-refractivity contribution in [1.29, 1.82) is 0 Å². The van der Waals surface area contributed by atoms with Crippen molar-refractivity contribution < 1.29 is 9.47 Å². The number of fused-ring (bicyclic) bond motifs is 1. The summed E-state index contributed by atoms with van der Waals surface area (Å²) in [5.41, 5.74) is 6.37. The molecule has 1 heterocycles. The first-order chi connectivity index (χ1) is 16.1. The number of halogens is 1. The van der Waals surface area contributed by atoms with E-state index < -0.39 is 0 Å². The van der Waals surface area contributed by atoms with Gasteiger partial charge in [0.15, 0.2) is 0 Å². The topological polar surface area (TPSA) is 56.3 Å². The van der Waals surface area contributed by atoms with Gasteiger partial charge in [0.05, 0.1) is 41.4 Å². The summed E-state index contributed by atoms with van der Waals surface area (Å²) in [6.45, 7) is 4.85. The molecule has 1 N–H and O–H groups in total. The van der Waals surface area contributed by atoms with Gasteiger partial charge in [-0.25, -0.2) is 9.97 Å². The van der Waals surface area contributed by atoms with Gasteiger partial charge in [0, 0.05) is 24.5 Å². The highest BCUT2D eigenvalue weighted by atomic mass is 35.5. The molecule has 6 heteroatoms. The van der Waals surface area contributed by atoms with Gasteiger partial charge in [0.1, 0.15) is 11.6 Å². The minimum atomic E-state index is 0.0630. The smallest absolute Gasteiger partial charge is 0.148 e. The third kappa shape index (κ3) is 4.32. The molecule has 2 aliphatic carbocycles. The molecule has 1 aromatic heterocycles. The lowest BCUT2D eigenvalue weighted by Crippen LogP contribution is -2.26. The molecule has 0 aliphatic heterocycles. The van der Waals surface area contributed by atoms with Gasteiger partial charge in [-0.2, -0.15) is 0 Å². The number of methoxy groups -OCH3 is 1. The van der Waals surface area contributed by atoms with Crippen molar-refractivity contribution >= 4 is 17.4 Å². The Morgan fingerprint density at radius 1 is 1.09 bits per heavy atom. The molecule has 172 valence electrons. The summed E-state index contributed by atoms with van der Waals surface area (Å²) in [6, 6.07) is 14.4. The first-order valence-electron chi connectivity index (χ1n) is 11.8. The predicted octanol–water partition coefficient (Wildman–Crippen LogP) is 6.36. The highest BCUT2D eigenvalue weighted by Crippen LogP contribution is 2.45. The molecule has 2 aromatic carbocycles. The van der Waals surface area contributed by atoms with E-state index in [1.54, 1.807) is 7.11 Å². The quantitative estimate of drug-likeness (QED) is 0.421. The summed E-state index contributed by atoms with van der Waals surface area (Å²) in [7, 11) is 1.64. The zero-order valence-electron chi connectivity index (χ0n) is 19.4. The van der Waals surface area contributed by atoms with Crippen LogP contribution in [0.25, 0.3) is 11.3 Å². The molecule has 5 rings (SSSR count). The van der Waals surface area contributed by atoms with Crippen LogP contribution in [0.3, 0.4) is 0 Å². The SMILES string of the molecule is CCO[C@H]1Cc2ccccc2C1Nc1nc(CC)c(-c2ccc(OC)cc2Cl)nc1C1CC1. The Balaban J connectivity index is 1.56. The fourth-order valence-corrected chi connectivity index (χ4v) is 5.01. The van der Waals surface area contributed by atoms with Crippen molar-refractivity contribution in [3.05, 3.63) is 70.0 Å². The van der Waals surface area contributed by atoms with E-state index in [1.807, 2.05) is 18.2 Å². The van der Waals surface area contributed by atoms with E-state index in [-0.39, 0.29) is 12.1 Å². The van der Waals surface area contributed by atoms with Crippen LogP contribution in [0, 0.1) is 0 Å². The van der Waals surface area contributed by atoms with E-state index in [2.05, 4.69) is 43.4 Å². The monoisotopic (exact) mass is 463 g/mol. The maximum atomic E-state index is 6.63. The third-order valence-corrected chi connectivity index (χ3v) is 6.89. The highest BCUT2D eigenvalue weighted by Gasteiger charge is 2.36. The van der Waals surface area contributed by atoms with E-state index in [0.29, 0.717) is 17.5 Å². The normalized spacial score (nSPS) is 19.4. The lowest BCUT2D eigenvalue weighted by molar-refractivity contribution is 0.0573. The van der Waals surface area contributed by atoms with Gasteiger partial charge in [-0.15, -0.1) is 0 Å². The van der Waals surface area contributed by atoms with Crippen molar-refractivity contribution in [1.82, 2.24) is 9.97 Å². The predicted molar refractivity (Wildman–Crippen MR) is 132 cm³/mol. The number of nitrogens with one attached hydrogen (secondary N) is 1. The largest absolute Gasteiger partial charge is 0.497 e. The van der Waals surface area contributed by atoms with Crippen LogP contribution in [0.15, 0.2) is 42.5 Å². The summed E-state index contributed by atoms with van der Waals surface area (Å²) in [5.74, 6) is 2.05. The fourth-order valence-electron chi connectivity index (χ4n) is 4.75. The zero-order valence-corrected chi connectivity index (χ0v) is 20.2. The van der Waals surface area contributed by atoms with Crippen molar-refractivity contribution in [2.75, 3.05) is 19.0 Å². The van der Waals surface area contributed by atoms with Gasteiger partial charge in [0.25, 0.3) is 0 Å². The second-order valence-corrected chi connectivity index (χ2v) is 9.15. The van der Waals surface area contributed by atoms with Gasteiger partial charge in [-0.05, 0) is 55.5 Å². The number of rotatable bonds is 8. The number of hydrogen-bond donors (Lipinski definition) is 1. The Labute approximate surface area is 200 Å². The van der Waals surface area contributed by atoms with Crippen molar-refractivity contribution in [3.8, 4) is 17.0 Å². The molecule has 0 amide bonds. The van der Waals surface area contributed by atoms with Gasteiger partial charge in [-0.3, -0.25) is 0 Å². The number of ether oxygens (including phenoxy) is 2. The van der Waals surface area contributed by atoms with Crippen molar-refractivity contribution in [2.45, 2.75) is 57.6 Å². The van der Waals surface area contributed by atoms with Crippen molar-refractivity contribution in [3.63, 3.8) is 0 Å². The second kappa shape index (κ2) is 9.32. The van der Waals surface area contributed by atoms with Crippen LogP contribution >= 0.6 is 11.6 Å². The van der Waals surface area contributed by atoms with E-state index in [1.165, 1.54) is 11.1 Å². The van der Waals surface area contributed by atoms with E-state index in [9.17, 15) is 0 Å². The Morgan fingerprint density at radius 3 is 2.61 bits per heavy atom. The molecule has 33 heavy (non-hydrogen) atoms. The number of aromatic nitrogens is 2.